The maximum atomic E-state index is 12.8. The van der Waals surface area contributed by atoms with Crippen molar-refractivity contribution < 1.29 is 18.0 Å². The highest BCUT2D eigenvalue weighted by Crippen LogP contribution is 2.33. The van der Waals surface area contributed by atoms with Gasteiger partial charge in [-0.25, -0.2) is 9.97 Å². The molecule has 0 unspecified atom stereocenters. The summed E-state index contributed by atoms with van der Waals surface area (Å²) in [5.41, 5.74) is 1.66. The van der Waals surface area contributed by atoms with Gasteiger partial charge in [-0.1, -0.05) is 36.4 Å². The predicted molar refractivity (Wildman–Crippen MR) is 112 cm³/mol. The van der Waals surface area contributed by atoms with Crippen molar-refractivity contribution in [1.82, 2.24) is 15.3 Å². The average molecular weight is 432 g/mol. The molecule has 0 aliphatic heterocycles. The van der Waals surface area contributed by atoms with E-state index in [2.05, 4.69) is 15.3 Å². The molecule has 0 atom stereocenters. The Morgan fingerprint density at radius 1 is 1.03 bits per heavy atom. The molecule has 5 nitrogen and oxygen atoms in total. The number of carbonyl (C=O) groups excluding carboxylic acids is 1. The van der Waals surface area contributed by atoms with Crippen LogP contribution in [0.2, 0.25) is 0 Å². The van der Waals surface area contributed by atoms with Gasteiger partial charge >= 0.3 is 6.18 Å². The van der Waals surface area contributed by atoms with Crippen LogP contribution in [0.4, 0.5) is 13.2 Å². The van der Waals surface area contributed by atoms with Gasteiger partial charge in [0.15, 0.2) is 0 Å². The van der Waals surface area contributed by atoms with Crippen LogP contribution in [0.5, 0.6) is 0 Å². The second kappa shape index (κ2) is 8.47. The number of amides is 1. The Balaban J connectivity index is 1.57. The molecule has 3 aromatic carbocycles. The Bertz CT molecular complexity index is 1340. The summed E-state index contributed by atoms with van der Waals surface area (Å²) in [4.78, 5) is 20.4. The molecule has 1 aromatic heterocycles. The van der Waals surface area contributed by atoms with Crippen molar-refractivity contribution in [1.29, 1.82) is 5.26 Å². The molecule has 0 fully saturated rings. The second-order valence-corrected chi connectivity index (χ2v) is 6.98. The van der Waals surface area contributed by atoms with Crippen LogP contribution in [-0.2, 0) is 12.7 Å². The number of hydrogen-bond acceptors (Lipinski definition) is 4. The van der Waals surface area contributed by atoms with Crippen LogP contribution in [0.3, 0.4) is 0 Å². The molecule has 0 aliphatic carbocycles. The van der Waals surface area contributed by atoms with Crippen molar-refractivity contribution in [2.75, 3.05) is 0 Å². The van der Waals surface area contributed by atoms with Crippen LogP contribution in [-0.4, -0.2) is 15.9 Å². The Hall–Kier alpha value is -4.25. The smallest absolute Gasteiger partial charge is 0.346 e. The molecular formula is C24H15F3N4O. The fourth-order valence-corrected chi connectivity index (χ4v) is 3.34. The molecule has 32 heavy (non-hydrogen) atoms. The summed E-state index contributed by atoms with van der Waals surface area (Å²) in [6.45, 7) is 0.139. The lowest BCUT2D eigenvalue weighted by atomic mass is 9.96. The number of carbonyl (C=O) groups is 1. The molecule has 4 aromatic rings. The van der Waals surface area contributed by atoms with E-state index in [1.165, 1.54) is 18.3 Å². The molecule has 0 saturated carbocycles. The Morgan fingerprint density at radius 3 is 2.53 bits per heavy atom. The van der Waals surface area contributed by atoms with Gasteiger partial charge in [-0.15, -0.1) is 0 Å². The summed E-state index contributed by atoms with van der Waals surface area (Å²) in [6, 6.07) is 19.1. The number of nitrogens with zero attached hydrogens (tertiary/aromatic N) is 3. The van der Waals surface area contributed by atoms with Crippen molar-refractivity contribution in [3.63, 3.8) is 0 Å². The zero-order chi connectivity index (χ0) is 22.7. The van der Waals surface area contributed by atoms with Crippen molar-refractivity contribution in [2.45, 2.75) is 12.7 Å². The van der Waals surface area contributed by atoms with Gasteiger partial charge < -0.3 is 5.32 Å². The molecular weight excluding hydrogens is 417 g/mol. The SMILES string of the molecule is N#Cc1nccc(CNC(=O)c2ccc3c(-c4ccc(C(F)(F)F)cc4)cccc3c2)n1. The normalized spacial score (nSPS) is 11.2. The number of nitrogens with one attached hydrogen (secondary N) is 1. The maximum Gasteiger partial charge on any atom is 0.416 e. The summed E-state index contributed by atoms with van der Waals surface area (Å²) in [5.74, 6) is -0.290. The first-order valence-electron chi connectivity index (χ1n) is 9.56. The Morgan fingerprint density at radius 2 is 1.81 bits per heavy atom. The van der Waals surface area contributed by atoms with E-state index >= 15 is 0 Å². The van der Waals surface area contributed by atoms with E-state index in [1.54, 1.807) is 30.3 Å². The maximum absolute atomic E-state index is 12.8. The highest BCUT2D eigenvalue weighted by atomic mass is 19.4. The van der Waals surface area contributed by atoms with E-state index in [0.29, 0.717) is 16.8 Å². The quantitative estimate of drug-likeness (QED) is 0.486. The molecule has 158 valence electrons. The number of hydrogen-bond donors (Lipinski definition) is 1. The van der Waals surface area contributed by atoms with Gasteiger partial charge in [0.25, 0.3) is 5.91 Å². The number of alkyl halides is 3. The lowest BCUT2D eigenvalue weighted by molar-refractivity contribution is -0.137. The van der Waals surface area contributed by atoms with E-state index in [-0.39, 0.29) is 18.3 Å². The first-order valence-corrected chi connectivity index (χ1v) is 9.56. The number of aromatic nitrogens is 2. The van der Waals surface area contributed by atoms with E-state index in [0.717, 1.165) is 28.5 Å². The van der Waals surface area contributed by atoms with Gasteiger partial charge in [-0.05, 0) is 52.2 Å². The molecule has 8 heteroatoms. The van der Waals surface area contributed by atoms with E-state index in [4.69, 9.17) is 5.26 Å². The number of rotatable bonds is 4. The molecule has 0 radical (unpaired) electrons. The third-order valence-corrected chi connectivity index (χ3v) is 4.91. The van der Waals surface area contributed by atoms with E-state index in [1.807, 2.05) is 18.2 Å². The lowest BCUT2D eigenvalue weighted by Gasteiger charge is -2.11. The van der Waals surface area contributed by atoms with Gasteiger partial charge in [0.2, 0.25) is 5.82 Å². The van der Waals surface area contributed by atoms with Crippen LogP contribution < -0.4 is 5.32 Å². The first kappa shape index (κ1) is 21.0. The minimum atomic E-state index is -4.39. The topological polar surface area (TPSA) is 78.7 Å². The first-order chi connectivity index (χ1) is 15.3. The van der Waals surface area contributed by atoms with Crippen LogP contribution in [0.25, 0.3) is 21.9 Å². The highest BCUT2D eigenvalue weighted by Gasteiger charge is 2.30. The number of fused-ring (bicyclic) bond motifs is 1. The third kappa shape index (κ3) is 4.42. The molecule has 0 saturated heterocycles. The van der Waals surface area contributed by atoms with Crippen molar-refractivity contribution in [3.8, 4) is 17.2 Å². The van der Waals surface area contributed by atoms with Gasteiger partial charge in [-0.3, -0.25) is 4.79 Å². The van der Waals surface area contributed by atoms with E-state index < -0.39 is 11.7 Å². The van der Waals surface area contributed by atoms with Crippen LogP contribution in [0, 0.1) is 11.3 Å². The Kier molecular flexibility index (Phi) is 5.56. The lowest BCUT2D eigenvalue weighted by Crippen LogP contribution is -2.23. The number of halogens is 3. The van der Waals surface area contributed by atoms with E-state index in [9.17, 15) is 18.0 Å². The molecule has 4 rings (SSSR count). The van der Waals surface area contributed by atoms with Crippen molar-refractivity contribution >= 4 is 16.7 Å². The van der Waals surface area contributed by atoms with Gasteiger partial charge in [-0.2, -0.15) is 18.4 Å². The fraction of sp³-hybridized carbons (Fsp3) is 0.0833. The van der Waals surface area contributed by atoms with Gasteiger partial charge in [0, 0.05) is 11.8 Å². The molecule has 1 N–H and O–H groups in total. The largest absolute Gasteiger partial charge is 0.416 e. The van der Waals surface area contributed by atoms with Crippen molar-refractivity contribution in [2.24, 2.45) is 0 Å². The zero-order valence-corrected chi connectivity index (χ0v) is 16.5. The van der Waals surface area contributed by atoms with Crippen LogP contribution >= 0.6 is 0 Å². The van der Waals surface area contributed by atoms with Gasteiger partial charge in [0.05, 0.1) is 17.8 Å². The summed E-state index contributed by atoms with van der Waals surface area (Å²) >= 11 is 0. The monoisotopic (exact) mass is 432 g/mol. The summed E-state index contributed by atoms with van der Waals surface area (Å²) in [5, 5.41) is 13.2. The van der Waals surface area contributed by atoms with Crippen LogP contribution in [0.1, 0.15) is 27.4 Å². The summed E-state index contributed by atoms with van der Waals surface area (Å²) < 4.78 is 38.5. The predicted octanol–water partition coefficient (Wildman–Crippen LogP) is 5.12. The highest BCUT2D eigenvalue weighted by molar-refractivity contribution is 6.02. The van der Waals surface area contributed by atoms with Gasteiger partial charge in [0.1, 0.15) is 6.07 Å². The Labute approximate surface area is 181 Å². The molecule has 0 spiro atoms. The van der Waals surface area contributed by atoms with Crippen molar-refractivity contribution in [3.05, 3.63) is 95.6 Å². The minimum Gasteiger partial charge on any atom is -0.346 e. The summed E-state index contributed by atoms with van der Waals surface area (Å²) in [6.07, 6.45) is -2.94. The molecule has 1 heterocycles. The zero-order valence-electron chi connectivity index (χ0n) is 16.5. The van der Waals surface area contributed by atoms with Crippen LogP contribution in [0.15, 0.2) is 72.9 Å². The average Bonchev–Trinajstić information content (AvgIpc) is 2.81. The summed E-state index contributed by atoms with van der Waals surface area (Å²) in [7, 11) is 0. The molecule has 1 amide bonds. The molecule has 0 bridgehead atoms. The number of benzene rings is 3. The third-order valence-electron chi connectivity index (χ3n) is 4.91. The fourth-order valence-electron chi connectivity index (χ4n) is 3.34. The minimum absolute atomic E-state index is 0.0262. The molecule has 0 aliphatic rings. The standard InChI is InChI=1S/C24H15F3N4O/c25-24(26,27)18-7-4-15(5-8-18)20-3-1-2-16-12-17(6-9-21(16)20)23(32)30-14-19-10-11-29-22(13-28)31-19/h1-12H,14H2,(H,30,32). The number of nitriles is 1. The second-order valence-electron chi connectivity index (χ2n) is 6.98.